The molecule has 3 heteroatoms. The van der Waals surface area contributed by atoms with E-state index in [9.17, 15) is 4.79 Å². The van der Waals surface area contributed by atoms with Gasteiger partial charge in [-0.1, -0.05) is 30.3 Å². The molecule has 0 saturated carbocycles. The van der Waals surface area contributed by atoms with Crippen LogP contribution in [0.2, 0.25) is 0 Å². The first kappa shape index (κ1) is 9.85. The predicted octanol–water partition coefficient (Wildman–Crippen LogP) is 1.15. The van der Waals surface area contributed by atoms with E-state index in [-0.39, 0.29) is 11.4 Å². The molecule has 1 aromatic rings. The highest BCUT2D eigenvalue weighted by molar-refractivity contribution is 5.85. The van der Waals surface area contributed by atoms with E-state index >= 15 is 0 Å². The molecule has 0 bridgehead atoms. The minimum atomic E-state index is 0.117. The van der Waals surface area contributed by atoms with Gasteiger partial charge in [0.2, 0.25) is 5.91 Å². The number of nitrogens with one attached hydrogen (secondary N) is 1. The van der Waals surface area contributed by atoms with Crippen molar-refractivity contribution in [2.24, 2.45) is 0 Å². The smallest absolute Gasteiger partial charge is 0.222 e. The summed E-state index contributed by atoms with van der Waals surface area (Å²) in [5, 5.41) is 3.05. The quantitative estimate of drug-likeness (QED) is 0.752. The molecule has 1 aromatic carbocycles. The molecule has 16 heavy (non-hydrogen) atoms. The average molecular weight is 216 g/mol. The minimum Gasteiger partial charge on any atom is -0.349 e. The van der Waals surface area contributed by atoms with Crippen LogP contribution in [-0.2, 0) is 11.3 Å². The van der Waals surface area contributed by atoms with Gasteiger partial charge in [0.05, 0.1) is 12.0 Å². The van der Waals surface area contributed by atoms with Crippen LogP contribution < -0.4 is 5.32 Å². The van der Waals surface area contributed by atoms with Crippen molar-refractivity contribution in [3.05, 3.63) is 35.9 Å². The molecule has 2 aliphatic rings. The van der Waals surface area contributed by atoms with Crippen LogP contribution in [0.3, 0.4) is 0 Å². The van der Waals surface area contributed by atoms with E-state index in [4.69, 9.17) is 0 Å². The fourth-order valence-corrected chi connectivity index (χ4v) is 2.77. The molecule has 1 spiro atoms. The van der Waals surface area contributed by atoms with Gasteiger partial charge in [-0.2, -0.15) is 0 Å². The Bertz CT molecular complexity index is 394. The maximum atomic E-state index is 11.0. The van der Waals surface area contributed by atoms with Gasteiger partial charge in [0.1, 0.15) is 0 Å². The molecular formula is C13H16N2O. The molecule has 2 heterocycles. The highest BCUT2D eigenvalue weighted by atomic mass is 16.2. The standard InChI is InChI=1S/C13H16N2O/c16-12-8-13(14-12)6-7-15(10-13)9-11-4-2-1-3-5-11/h1-5H,6-10H2,(H,14,16)/t13-/m0/s1. The van der Waals surface area contributed by atoms with Crippen molar-refractivity contribution in [1.82, 2.24) is 10.2 Å². The normalized spacial score (nSPS) is 29.1. The van der Waals surface area contributed by atoms with Gasteiger partial charge in [0.25, 0.3) is 0 Å². The van der Waals surface area contributed by atoms with Crippen LogP contribution in [0.1, 0.15) is 18.4 Å². The molecule has 1 N–H and O–H groups in total. The summed E-state index contributed by atoms with van der Waals surface area (Å²) in [6, 6.07) is 10.5. The molecule has 0 aromatic heterocycles. The van der Waals surface area contributed by atoms with Crippen molar-refractivity contribution in [1.29, 1.82) is 0 Å². The number of likely N-dealkylation sites (tertiary alicyclic amines) is 1. The molecule has 0 aliphatic carbocycles. The Morgan fingerprint density at radius 1 is 1.31 bits per heavy atom. The molecule has 3 nitrogen and oxygen atoms in total. The van der Waals surface area contributed by atoms with Gasteiger partial charge in [0, 0.05) is 19.6 Å². The number of carbonyl (C=O) groups is 1. The van der Waals surface area contributed by atoms with E-state index < -0.39 is 0 Å². The minimum absolute atomic E-state index is 0.117. The van der Waals surface area contributed by atoms with E-state index in [0.717, 1.165) is 32.5 Å². The van der Waals surface area contributed by atoms with Crippen molar-refractivity contribution in [3.63, 3.8) is 0 Å². The zero-order chi connectivity index (χ0) is 11.0. The number of benzene rings is 1. The topological polar surface area (TPSA) is 32.3 Å². The predicted molar refractivity (Wildman–Crippen MR) is 61.8 cm³/mol. The molecule has 0 radical (unpaired) electrons. The second kappa shape index (κ2) is 3.59. The van der Waals surface area contributed by atoms with Gasteiger partial charge in [-0.15, -0.1) is 0 Å². The third-order valence-electron chi connectivity index (χ3n) is 3.59. The summed E-state index contributed by atoms with van der Waals surface area (Å²) in [4.78, 5) is 13.4. The lowest BCUT2D eigenvalue weighted by Gasteiger charge is -2.38. The SMILES string of the molecule is O=C1C[C@]2(CCN(Cc3ccccc3)C2)N1. The van der Waals surface area contributed by atoms with Gasteiger partial charge in [-0.3, -0.25) is 9.69 Å². The maximum Gasteiger partial charge on any atom is 0.222 e. The van der Waals surface area contributed by atoms with E-state index in [1.54, 1.807) is 0 Å². The van der Waals surface area contributed by atoms with Crippen molar-refractivity contribution in [2.75, 3.05) is 13.1 Å². The molecule has 3 rings (SSSR count). The number of nitrogens with zero attached hydrogens (tertiary/aromatic N) is 1. The maximum absolute atomic E-state index is 11.0. The van der Waals surface area contributed by atoms with Crippen LogP contribution in [0.4, 0.5) is 0 Å². The van der Waals surface area contributed by atoms with Crippen LogP contribution >= 0.6 is 0 Å². The molecule has 2 aliphatic heterocycles. The van der Waals surface area contributed by atoms with E-state index in [1.165, 1.54) is 5.56 Å². The van der Waals surface area contributed by atoms with Crippen LogP contribution in [-0.4, -0.2) is 29.4 Å². The summed E-state index contributed by atoms with van der Waals surface area (Å²) in [5.41, 5.74) is 1.47. The Labute approximate surface area is 95.4 Å². The Morgan fingerprint density at radius 2 is 2.06 bits per heavy atom. The monoisotopic (exact) mass is 216 g/mol. The average Bonchev–Trinajstić information content (AvgIpc) is 2.63. The molecule has 1 atom stereocenters. The Kier molecular flexibility index (Phi) is 2.21. The zero-order valence-corrected chi connectivity index (χ0v) is 9.28. The fraction of sp³-hybridized carbons (Fsp3) is 0.462. The van der Waals surface area contributed by atoms with Crippen LogP contribution in [0.25, 0.3) is 0 Å². The summed E-state index contributed by atoms with van der Waals surface area (Å²) in [6.07, 6.45) is 1.82. The van der Waals surface area contributed by atoms with E-state index in [2.05, 4.69) is 34.5 Å². The lowest BCUT2D eigenvalue weighted by Crippen LogP contribution is -2.62. The Hall–Kier alpha value is -1.35. The molecular weight excluding hydrogens is 200 g/mol. The van der Waals surface area contributed by atoms with Gasteiger partial charge in [-0.25, -0.2) is 0 Å². The fourth-order valence-electron chi connectivity index (χ4n) is 2.77. The zero-order valence-electron chi connectivity index (χ0n) is 9.28. The highest BCUT2D eigenvalue weighted by Gasteiger charge is 2.47. The number of amides is 1. The number of β-lactam (4-membered cyclic amide) rings is 1. The summed E-state index contributed by atoms with van der Waals surface area (Å²) in [7, 11) is 0. The van der Waals surface area contributed by atoms with Crippen molar-refractivity contribution >= 4 is 5.91 Å². The van der Waals surface area contributed by atoms with Crippen LogP contribution in [0, 0.1) is 0 Å². The Morgan fingerprint density at radius 3 is 2.75 bits per heavy atom. The van der Waals surface area contributed by atoms with Gasteiger partial charge in [0.15, 0.2) is 0 Å². The summed E-state index contributed by atoms with van der Waals surface area (Å²) in [5.74, 6) is 0.210. The lowest BCUT2D eigenvalue weighted by atomic mass is 9.86. The summed E-state index contributed by atoms with van der Waals surface area (Å²) < 4.78 is 0. The van der Waals surface area contributed by atoms with Crippen molar-refractivity contribution in [3.8, 4) is 0 Å². The third kappa shape index (κ3) is 1.71. The summed E-state index contributed by atoms with van der Waals surface area (Å²) in [6.45, 7) is 3.10. The van der Waals surface area contributed by atoms with E-state index in [1.807, 2.05) is 6.07 Å². The number of hydrogen-bond acceptors (Lipinski definition) is 2. The van der Waals surface area contributed by atoms with Crippen LogP contribution in [0.5, 0.6) is 0 Å². The van der Waals surface area contributed by atoms with Gasteiger partial charge < -0.3 is 5.32 Å². The van der Waals surface area contributed by atoms with Crippen molar-refractivity contribution < 1.29 is 4.79 Å². The number of rotatable bonds is 2. The molecule has 1 amide bonds. The molecule has 84 valence electrons. The molecule has 2 saturated heterocycles. The van der Waals surface area contributed by atoms with Crippen molar-refractivity contribution in [2.45, 2.75) is 24.9 Å². The second-order valence-corrected chi connectivity index (χ2v) is 4.95. The van der Waals surface area contributed by atoms with Gasteiger partial charge >= 0.3 is 0 Å². The largest absolute Gasteiger partial charge is 0.349 e. The highest BCUT2D eigenvalue weighted by Crippen LogP contribution is 2.31. The third-order valence-corrected chi connectivity index (χ3v) is 3.59. The number of hydrogen-bond donors (Lipinski definition) is 1. The number of carbonyl (C=O) groups excluding carboxylic acids is 1. The Balaban J connectivity index is 1.61. The second-order valence-electron chi connectivity index (χ2n) is 4.95. The molecule has 0 unspecified atom stereocenters. The first-order valence-electron chi connectivity index (χ1n) is 5.83. The van der Waals surface area contributed by atoms with Gasteiger partial charge in [-0.05, 0) is 12.0 Å². The van der Waals surface area contributed by atoms with Crippen LogP contribution in [0.15, 0.2) is 30.3 Å². The lowest BCUT2D eigenvalue weighted by molar-refractivity contribution is -0.132. The summed E-state index contributed by atoms with van der Waals surface area (Å²) >= 11 is 0. The first-order chi connectivity index (χ1) is 7.76. The molecule has 2 fully saturated rings. The van der Waals surface area contributed by atoms with E-state index in [0.29, 0.717) is 0 Å². The first-order valence-corrected chi connectivity index (χ1v) is 5.83.